The molecule has 3 aromatic heterocycles. The smallest absolute Gasteiger partial charge is 0.455 e. The highest BCUT2D eigenvalue weighted by Crippen LogP contribution is 2.50. The third-order valence-corrected chi connectivity index (χ3v) is 11.6. The van der Waals surface area contributed by atoms with Gasteiger partial charge in [0.05, 0.1) is 19.5 Å². The lowest BCUT2D eigenvalue weighted by molar-refractivity contribution is -0.159. The average molecular weight is 1030 g/mol. The van der Waals surface area contributed by atoms with Crippen molar-refractivity contribution in [2.75, 3.05) is 31.2 Å². The number of azide groups is 1. The molecule has 5 heterocycles. The van der Waals surface area contributed by atoms with Crippen molar-refractivity contribution >= 4 is 62.3 Å². The number of imidazole rings is 1. The number of nitrogens with two attached hydrogens (primary N) is 2. The first kappa shape index (κ1) is 53.0. The third kappa shape index (κ3) is 14.4. The number of aliphatic hydroxyl groups is 1. The Hall–Kier alpha value is -6.33. The van der Waals surface area contributed by atoms with Crippen molar-refractivity contribution in [3.8, 4) is 0 Å². The lowest BCUT2D eigenvalue weighted by atomic mass is 10.1. The number of aliphatic hydroxyl groups excluding tert-OH is 1. The van der Waals surface area contributed by atoms with Crippen LogP contribution in [0.15, 0.2) is 59.1 Å². The molecule has 2 aliphatic heterocycles. The SMILES string of the molecule is CC(C)(C)OC(=O)N[C@H](CCCNC(=O)OCc1ccccc1N=[N+]=[N-])C(=O)O[C@H]1[C@@H](O)[C@H](n2cnc3c(N)ncnc32)O[C@H]1COP(=O)(O)O[C@H]1C[C@H](n2ccc(N)nc2=O)O[C@@H]1COP(=O)(O)O. The van der Waals surface area contributed by atoms with Crippen molar-refractivity contribution in [2.45, 2.75) is 101 Å². The summed E-state index contributed by atoms with van der Waals surface area (Å²) >= 11 is 0. The van der Waals surface area contributed by atoms with E-state index in [0.717, 1.165) is 10.9 Å². The molecule has 1 unspecified atom stereocenters. The minimum atomic E-state index is -5.30. The Balaban J connectivity index is 1.18. The summed E-state index contributed by atoms with van der Waals surface area (Å²) in [4.78, 5) is 100. The molecule has 9 atom stereocenters. The van der Waals surface area contributed by atoms with Crippen molar-refractivity contribution in [1.82, 2.24) is 39.7 Å². The van der Waals surface area contributed by atoms with E-state index >= 15 is 0 Å². The van der Waals surface area contributed by atoms with Crippen molar-refractivity contribution in [3.63, 3.8) is 0 Å². The van der Waals surface area contributed by atoms with Crippen molar-refractivity contribution in [2.24, 2.45) is 5.11 Å². The Kier molecular flexibility index (Phi) is 17.1. The third-order valence-electron chi connectivity index (χ3n) is 10.1. The predicted octanol–water partition coefficient (Wildman–Crippen LogP) is 1.86. The molecule has 2 fully saturated rings. The maximum atomic E-state index is 14.1. The van der Waals surface area contributed by atoms with E-state index in [0.29, 0.717) is 5.56 Å². The Morgan fingerprint density at radius 2 is 1.77 bits per heavy atom. The van der Waals surface area contributed by atoms with Crippen LogP contribution >= 0.6 is 15.6 Å². The standard InChI is InChI=1S/C37H49N13O18P2/c1-37(2,3)67-36(55)45-21(9-6-11-41-35(54)61-14-19-7-4-5-8-20(19)47-48-40)33(52)66-29-24(65-32(28(29)51)50-18-44-27-30(39)42-17-43-31(27)50)16-63-70(59,60)68-22-13-26(49-12-10-25(38)46-34(49)53)64-23(22)15-62-69(56,57)58/h4-5,7-8,10,12,17-18,21-24,26,28-29,32,51H,6,9,11,13-16H2,1-3H3,(H,41,54)(H,45,55)(H,59,60)(H2,38,46,53)(H2,39,42,43)(H2,56,57,58)/t21-,22+,23-,24+,26-,28-,29-,32-/m1/s1. The molecule has 380 valence electrons. The van der Waals surface area contributed by atoms with E-state index in [1.54, 1.807) is 39.0 Å². The summed E-state index contributed by atoms with van der Waals surface area (Å²) in [5.41, 5.74) is 19.3. The van der Waals surface area contributed by atoms with Crippen LogP contribution in [0.3, 0.4) is 0 Å². The van der Waals surface area contributed by atoms with Gasteiger partial charge in [0.2, 0.25) is 0 Å². The highest BCUT2D eigenvalue weighted by molar-refractivity contribution is 7.47. The summed E-state index contributed by atoms with van der Waals surface area (Å²) in [6.45, 7) is 2.54. The van der Waals surface area contributed by atoms with Crippen molar-refractivity contribution in [3.05, 3.63) is 75.7 Å². The van der Waals surface area contributed by atoms with Gasteiger partial charge >= 0.3 is 39.5 Å². The molecule has 2 aliphatic rings. The normalized spacial score (nSPS) is 22.6. The van der Waals surface area contributed by atoms with Crippen LogP contribution in [0.2, 0.25) is 0 Å². The number of nitrogens with zero attached hydrogens (tertiary/aromatic N) is 9. The Bertz CT molecular complexity index is 2730. The number of alkyl carbamates (subject to hydrolysis) is 2. The lowest BCUT2D eigenvalue weighted by Gasteiger charge is -2.26. The minimum Gasteiger partial charge on any atom is -0.455 e. The van der Waals surface area contributed by atoms with Gasteiger partial charge in [-0.25, -0.2) is 43.3 Å². The molecule has 0 radical (unpaired) electrons. The second-order valence-corrected chi connectivity index (χ2v) is 18.9. The summed E-state index contributed by atoms with van der Waals surface area (Å²) in [5, 5.41) is 20.2. The van der Waals surface area contributed by atoms with E-state index in [1.165, 1.54) is 29.2 Å². The largest absolute Gasteiger partial charge is 0.472 e. The number of hydrogen-bond acceptors (Lipinski definition) is 22. The number of anilines is 2. The maximum absolute atomic E-state index is 14.1. The molecule has 4 aromatic rings. The number of phosphoric ester groups is 2. The number of ether oxygens (including phenoxy) is 5. The summed E-state index contributed by atoms with van der Waals surface area (Å²) in [7, 11) is -10.4. The van der Waals surface area contributed by atoms with Gasteiger partial charge in [-0.1, -0.05) is 29.4 Å². The van der Waals surface area contributed by atoms with Gasteiger partial charge in [-0.3, -0.25) is 22.7 Å². The molecule has 6 rings (SSSR count). The van der Waals surface area contributed by atoms with Gasteiger partial charge in [-0.15, -0.1) is 0 Å². The molecular formula is C37H49N13O18P2. The maximum Gasteiger partial charge on any atom is 0.472 e. The first-order chi connectivity index (χ1) is 33.0. The molecule has 10 N–H and O–H groups in total. The number of aromatic nitrogens is 6. The lowest BCUT2D eigenvalue weighted by Crippen LogP contribution is -2.48. The minimum absolute atomic E-state index is 0.0153. The number of nitrogens with one attached hydrogen (secondary N) is 2. The van der Waals surface area contributed by atoms with Crippen LogP contribution < -0.4 is 27.8 Å². The molecular weight excluding hydrogens is 976 g/mol. The van der Waals surface area contributed by atoms with E-state index in [2.05, 4.69) is 45.1 Å². The zero-order valence-corrected chi connectivity index (χ0v) is 39.1. The molecule has 2 amide bonds. The zero-order valence-electron chi connectivity index (χ0n) is 37.3. The summed E-state index contributed by atoms with van der Waals surface area (Å²) in [6, 6.07) is 6.16. The molecule has 0 spiro atoms. The van der Waals surface area contributed by atoms with Gasteiger partial charge in [0.1, 0.15) is 66.6 Å². The number of fused-ring (bicyclic) bond motifs is 1. The fourth-order valence-corrected chi connectivity index (χ4v) is 8.29. The van der Waals surface area contributed by atoms with E-state index in [4.69, 9.17) is 49.7 Å². The van der Waals surface area contributed by atoms with Gasteiger partial charge in [-0.05, 0) is 50.8 Å². The molecule has 70 heavy (non-hydrogen) atoms. The van der Waals surface area contributed by atoms with E-state index in [1.807, 2.05) is 0 Å². The number of esters is 1. The highest BCUT2D eigenvalue weighted by atomic mass is 31.2. The molecule has 33 heteroatoms. The Labute approximate surface area is 395 Å². The summed E-state index contributed by atoms with van der Waals surface area (Å²) in [5.74, 6) is -1.33. The topological polar surface area (TPSA) is 443 Å². The number of benzene rings is 1. The molecule has 2 saturated heterocycles. The van der Waals surface area contributed by atoms with Crippen molar-refractivity contribution < 1.29 is 80.6 Å². The molecule has 0 aliphatic carbocycles. The van der Waals surface area contributed by atoms with Crippen LogP contribution in [0.25, 0.3) is 21.6 Å². The van der Waals surface area contributed by atoms with Gasteiger partial charge in [0.25, 0.3) is 0 Å². The predicted molar refractivity (Wildman–Crippen MR) is 235 cm³/mol. The number of hydrogen-bond donors (Lipinski definition) is 8. The zero-order chi connectivity index (χ0) is 51.0. The Morgan fingerprint density at radius 1 is 1.03 bits per heavy atom. The first-order valence-corrected chi connectivity index (χ1v) is 23.9. The van der Waals surface area contributed by atoms with E-state index in [9.17, 15) is 48.1 Å². The van der Waals surface area contributed by atoms with E-state index in [-0.39, 0.29) is 60.9 Å². The van der Waals surface area contributed by atoms with Crippen LogP contribution in [0.1, 0.15) is 58.1 Å². The quantitative estimate of drug-likeness (QED) is 0.0119. The van der Waals surface area contributed by atoms with Gasteiger partial charge < -0.3 is 65.6 Å². The fraction of sp³-hybridized carbons (Fsp3) is 0.514. The number of phosphoric acid groups is 2. The monoisotopic (exact) mass is 1030 g/mol. The van der Waals surface area contributed by atoms with Gasteiger partial charge in [0.15, 0.2) is 23.8 Å². The number of carbonyl (C=O) groups excluding carboxylic acids is 3. The average Bonchev–Trinajstić information content (AvgIpc) is 3.97. The Morgan fingerprint density at radius 3 is 2.49 bits per heavy atom. The molecule has 31 nitrogen and oxygen atoms in total. The van der Waals surface area contributed by atoms with Crippen LogP contribution in [0.4, 0.5) is 26.9 Å². The van der Waals surface area contributed by atoms with Gasteiger partial charge in [0, 0.05) is 29.8 Å². The van der Waals surface area contributed by atoms with Crippen LogP contribution in [0, 0.1) is 0 Å². The number of amides is 2. The first-order valence-electron chi connectivity index (χ1n) is 20.9. The van der Waals surface area contributed by atoms with Gasteiger partial charge in [-0.2, -0.15) is 4.98 Å². The fourth-order valence-electron chi connectivity index (χ4n) is 6.99. The molecule has 1 aromatic carbocycles. The second-order valence-electron chi connectivity index (χ2n) is 16.3. The van der Waals surface area contributed by atoms with E-state index < -0.39 is 107 Å². The number of carbonyl (C=O) groups is 3. The molecule has 0 bridgehead atoms. The number of nitrogen functional groups attached to an aromatic ring is 2. The van der Waals surface area contributed by atoms with Crippen LogP contribution in [0.5, 0.6) is 0 Å². The highest BCUT2D eigenvalue weighted by Gasteiger charge is 2.50. The summed E-state index contributed by atoms with van der Waals surface area (Å²) < 4.78 is 70.8. The number of rotatable bonds is 20. The van der Waals surface area contributed by atoms with Crippen LogP contribution in [-0.2, 0) is 57.8 Å². The summed E-state index contributed by atoms with van der Waals surface area (Å²) in [6.07, 6.45) is -9.95. The molecule has 0 saturated carbocycles. The van der Waals surface area contributed by atoms with Crippen molar-refractivity contribution in [1.29, 1.82) is 0 Å². The second kappa shape index (κ2) is 22.6. The van der Waals surface area contributed by atoms with Crippen LogP contribution in [-0.4, -0.2) is 129 Å².